The van der Waals surface area contributed by atoms with E-state index in [-0.39, 0.29) is 0 Å². The van der Waals surface area contributed by atoms with Crippen molar-refractivity contribution in [2.24, 2.45) is 0 Å². The van der Waals surface area contributed by atoms with Crippen LogP contribution >= 0.6 is 10.9 Å². The Morgan fingerprint density at radius 3 is 1.71 bits per heavy atom. The van der Waals surface area contributed by atoms with Crippen molar-refractivity contribution in [3.8, 4) is 0 Å². The summed E-state index contributed by atoms with van der Waals surface area (Å²) in [6, 6.07) is 0. The standard InChI is InChI=1S/C17H38O3S/c1-5-9-12-14-17-21(18-8-4,19-15-11-7-3)20-16-13-10-6-2/h5-17H2,1-4H3. The van der Waals surface area contributed by atoms with Crippen molar-refractivity contribution < 1.29 is 12.5 Å². The number of hydrogen-bond donors (Lipinski definition) is 0. The zero-order valence-corrected chi connectivity index (χ0v) is 15.6. The van der Waals surface area contributed by atoms with Gasteiger partial charge in [-0.05, 0) is 26.2 Å². The van der Waals surface area contributed by atoms with Gasteiger partial charge in [0.2, 0.25) is 0 Å². The van der Waals surface area contributed by atoms with Crippen LogP contribution in [0.15, 0.2) is 0 Å². The van der Waals surface area contributed by atoms with Crippen molar-refractivity contribution in [3.63, 3.8) is 0 Å². The predicted molar refractivity (Wildman–Crippen MR) is 94.6 cm³/mol. The molecule has 0 aliphatic rings. The van der Waals surface area contributed by atoms with E-state index in [4.69, 9.17) is 12.5 Å². The van der Waals surface area contributed by atoms with Crippen LogP contribution in [-0.4, -0.2) is 25.6 Å². The third-order valence-corrected chi connectivity index (χ3v) is 5.75. The van der Waals surface area contributed by atoms with Crippen LogP contribution in [0.25, 0.3) is 0 Å². The predicted octanol–water partition coefficient (Wildman–Crippen LogP) is 6.18. The van der Waals surface area contributed by atoms with E-state index in [1.54, 1.807) is 0 Å². The molecule has 0 N–H and O–H groups in total. The summed E-state index contributed by atoms with van der Waals surface area (Å²) < 4.78 is 18.2. The van der Waals surface area contributed by atoms with Gasteiger partial charge >= 0.3 is 0 Å². The van der Waals surface area contributed by atoms with Crippen molar-refractivity contribution in [1.29, 1.82) is 0 Å². The lowest BCUT2D eigenvalue weighted by Gasteiger charge is -2.37. The second-order valence-electron chi connectivity index (χ2n) is 5.43. The minimum absolute atomic E-state index is 0.670. The highest BCUT2D eigenvalue weighted by Crippen LogP contribution is 2.52. The highest BCUT2D eigenvalue weighted by molar-refractivity contribution is 8.21. The summed E-state index contributed by atoms with van der Waals surface area (Å²) in [6.45, 7) is 10.9. The molecule has 0 heterocycles. The summed E-state index contributed by atoms with van der Waals surface area (Å²) in [4.78, 5) is 0. The van der Waals surface area contributed by atoms with E-state index in [2.05, 4.69) is 20.8 Å². The zero-order valence-electron chi connectivity index (χ0n) is 14.8. The maximum absolute atomic E-state index is 6.14. The maximum Gasteiger partial charge on any atom is 0.0887 e. The van der Waals surface area contributed by atoms with Crippen LogP contribution in [-0.2, 0) is 12.5 Å². The van der Waals surface area contributed by atoms with Crippen LogP contribution in [0.3, 0.4) is 0 Å². The van der Waals surface area contributed by atoms with Crippen LogP contribution < -0.4 is 0 Å². The quantitative estimate of drug-likeness (QED) is 0.318. The summed E-state index contributed by atoms with van der Waals surface area (Å²) in [5, 5.41) is 0. The Morgan fingerprint density at radius 2 is 1.14 bits per heavy atom. The van der Waals surface area contributed by atoms with Crippen LogP contribution in [0.5, 0.6) is 0 Å². The molecule has 0 aromatic heterocycles. The minimum atomic E-state index is -1.78. The maximum atomic E-state index is 6.14. The average Bonchev–Trinajstić information content (AvgIpc) is 2.49. The van der Waals surface area contributed by atoms with E-state index in [0.29, 0.717) is 6.61 Å². The Morgan fingerprint density at radius 1 is 0.571 bits per heavy atom. The molecule has 0 bridgehead atoms. The smallest absolute Gasteiger partial charge is 0.0887 e. The third kappa shape index (κ3) is 11.5. The molecule has 3 nitrogen and oxygen atoms in total. The highest BCUT2D eigenvalue weighted by Gasteiger charge is 2.26. The molecule has 0 aliphatic heterocycles. The van der Waals surface area contributed by atoms with Gasteiger partial charge < -0.3 is 0 Å². The van der Waals surface area contributed by atoms with E-state index in [9.17, 15) is 0 Å². The fourth-order valence-corrected chi connectivity index (χ4v) is 4.25. The molecule has 0 radical (unpaired) electrons. The minimum Gasteiger partial charge on any atom is -0.293 e. The first-order chi connectivity index (χ1) is 10.2. The van der Waals surface area contributed by atoms with Gasteiger partial charge in [-0.2, -0.15) is 0 Å². The van der Waals surface area contributed by atoms with E-state index < -0.39 is 10.9 Å². The van der Waals surface area contributed by atoms with Crippen molar-refractivity contribution in [1.82, 2.24) is 0 Å². The zero-order chi connectivity index (χ0) is 15.8. The first kappa shape index (κ1) is 21.2. The Balaban J connectivity index is 4.38. The number of hydrogen-bond acceptors (Lipinski definition) is 3. The summed E-state index contributed by atoms with van der Waals surface area (Å²) in [6.07, 6.45) is 10.7. The molecule has 0 saturated heterocycles. The van der Waals surface area contributed by atoms with Crippen LogP contribution in [0.1, 0.15) is 85.5 Å². The monoisotopic (exact) mass is 322 g/mol. The Bertz CT molecular complexity index is 200. The van der Waals surface area contributed by atoms with Gasteiger partial charge in [0.25, 0.3) is 0 Å². The molecule has 130 valence electrons. The topological polar surface area (TPSA) is 27.7 Å². The lowest BCUT2D eigenvalue weighted by atomic mass is 10.2. The van der Waals surface area contributed by atoms with Gasteiger partial charge in [-0.15, -0.1) is 0 Å². The van der Waals surface area contributed by atoms with Gasteiger partial charge in [-0.25, -0.2) is 0 Å². The molecule has 0 aromatic rings. The normalized spacial score (nSPS) is 15.8. The second-order valence-corrected chi connectivity index (χ2v) is 7.66. The SMILES string of the molecule is CCCCCCS(OCC)(OCCCC)OCCCCC. The van der Waals surface area contributed by atoms with Crippen molar-refractivity contribution in [2.75, 3.05) is 25.6 Å². The third-order valence-electron chi connectivity index (χ3n) is 3.32. The second kappa shape index (κ2) is 15.1. The average molecular weight is 323 g/mol. The van der Waals surface area contributed by atoms with Gasteiger partial charge in [0.15, 0.2) is 0 Å². The van der Waals surface area contributed by atoms with E-state index >= 15 is 0 Å². The van der Waals surface area contributed by atoms with Gasteiger partial charge in [0.1, 0.15) is 0 Å². The molecule has 0 amide bonds. The molecule has 0 aromatic carbocycles. The van der Waals surface area contributed by atoms with Crippen LogP contribution in [0, 0.1) is 0 Å². The van der Waals surface area contributed by atoms with Gasteiger partial charge in [-0.1, -0.05) is 59.3 Å². The summed E-state index contributed by atoms with van der Waals surface area (Å²) in [5.74, 6) is 0.927. The highest BCUT2D eigenvalue weighted by atomic mass is 32.3. The Kier molecular flexibility index (Phi) is 15.3. The molecule has 1 unspecified atom stereocenters. The Hall–Kier alpha value is 0.230. The first-order valence-corrected chi connectivity index (χ1v) is 10.6. The van der Waals surface area contributed by atoms with Crippen molar-refractivity contribution >= 4 is 10.9 Å². The van der Waals surface area contributed by atoms with Crippen LogP contribution in [0.2, 0.25) is 0 Å². The molecular formula is C17H38O3S. The molecule has 0 fully saturated rings. The van der Waals surface area contributed by atoms with E-state index in [1.165, 1.54) is 32.1 Å². The summed E-state index contributed by atoms with van der Waals surface area (Å²) in [7, 11) is -1.78. The summed E-state index contributed by atoms with van der Waals surface area (Å²) in [5.41, 5.74) is 0. The van der Waals surface area contributed by atoms with E-state index in [0.717, 1.165) is 44.6 Å². The van der Waals surface area contributed by atoms with Crippen molar-refractivity contribution in [3.05, 3.63) is 0 Å². The molecular weight excluding hydrogens is 284 g/mol. The molecule has 4 heteroatoms. The lowest BCUT2D eigenvalue weighted by molar-refractivity contribution is 0.170. The fraction of sp³-hybridized carbons (Fsp3) is 1.00. The van der Waals surface area contributed by atoms with Crippen molar-refractivity contribution in [2.45, 2.75) is 85.5 Å². The number of unbranched alkanes of at least 4 members (excludes halogenated alkanes) is 6. The Labute approximate surface area is 135 Å². The molecule has 0 aliphatic carbocycles. The van der Waals surface area contributed by atoms with Crippen LogP contribution in [0.4, 0.5) is 0 Å². The van der Waals surface area contributed by atoms with Gasteiger partial charge in [-0.3, -0.25) is 12.5 Å². The van der Waals surface area contributed by atoms with Gasteiger partial charge in [0, 0.05) is 5.75 Å². The summed E-state index contributed by atoms with van der Waals surface area (Å²) >= 11 is 0. The number of rotatable bonds is 16. The molecule has 1 atom stereocenters. The fourth-order valence-electron chi connectivity index (χ4n) is 2.03. The first-order valence-electron chi connectivity index (χ1n) is 8.98. The van der Waals surface area contributed by atoms with E-state index in [1.807, 2.05) is 6.92 Å². The van der Waals surface area contributed by atoms with Gasteiger partial charge in [0.05, 0.1) is 30.7 Å². The molecule has 0 spiro atoms. The molecule has 0 saturated carbocycles. The lowest BCUT2D eigenvalue weighted by Crippen LogP contribution is -2.18. The molecule has 21 heavy (non-hydrogen) atoms. The molecule has 0 rings (SSSR count). The largest absolute Gasteiger partial charge is 0.293 e.